The molecule has 0 aromatic heterocycles. The largest absolute Gasteiger partial charge is 0.496 e. The lowest BCUT2D eigenvalue weighted by atomic mass is 10.1. The Morgan fingerprint density at radius 1 is 1.40 bits per heavy atom. The predicted molar refractivity (Wildman–Crippen MR) is 80.4 cm³/mol. The van der Waals surface area contributed by atoms with Crippen LogP contribution in [0.4, 0.5) is 5.69 Å². The highest BCUT2D eigenvalue weighted by molar-refractivity contribution is 6.33. The molecule has 2 rings (SSSR count). The van der Waals surface area contributed by atoms with Crippen molar-refractivity contribution in [1.29, 1.82) is 0 Å². The zero-order chi connectivity index (χ0) is 14.9. The molecule has 1 amide bonds. The molecule has 0 radical (unpaired) electrons. The predicted octanol–water partition coefficient (Wildman–Crippen LogP) is 1.75. The van der Waals surface area contributed by atoms with Crippen LogP contribution in [0.1, 0.15) is 24.2 Å². The first-order chi connectivity index (χ1) is 9.42. The highest BCUT2D eigenvalue weighted by Crippen LogP contribution is 2.30. The highest BCUT2D eigenvalue weighted by atomic mass is 35.5. The van der Waals surface area contributed by atoms with Gasteiger partial charge in [-0.05, 0) is 19.9 Å². The maximum Gasteiger partial charge on any atom is 0.257 e. The van der Waals surface area contributed by atoms with Gasteiger partial charge in [0.05, 0.1) is 23.4 Å². The van der Waals surface area contributed by atoms with Gasteiger partial charge >= 0.3 is 0 Å². The molecule has 0 spiro atoms. The summed E-state index contributed by atoms with van der Waals surface area (Å²) >= 11 is 6.02. The Bertz CT molecular complexity index is 511. The quantitative estimate of drug-likeness (QED) is 0.816. The van der Waals surface area contributed by atoms with Crippen LogP contribution in [-0.4, -0.2) is 43.1 Å². The van der Waals surface area contributed by atoms with Gasteiger partial charge in [-0.15, -0.1) is 0 Å². The van der Waals surface area contributed by atoms with E-state index in [1.54, 1.807) is 12.1 Å². The van der Waals surface area contributed by atoms with Crippen LogP contribution in [0.5, 0.6) is 5.75 Å². The number of piperazine rings is 1. The second kappa shape index (κ2) is 5.89. The fourth-order valence-electron chi connectivity index (χ4n) is 2.57. The number of halogens is 1. The van der Waals surface area contributed by atoms with Crippen molar-refractivity contribution in [2.75, 3.05) is 25.9 Å². The molecule has 0 bridgehead atoms. The monoisotopic (exact) mass is 297 g/mol. The van der Waals surface area contributed by atoms with Gasteiger partial charge in [-0.3, -0.25) is 4.79 Å². The number of amides is 1. The van der Waals surface area contributed by atoms with Crippen LogP contribution in [0, 0.1) is 0 Å². The van der Waals surface area contributed by atoms with Crippen molar-refractivity contribution in [3.63, 3.8) is 0 Å². The number of carbonyl (C=O) groups is 1. The van der Waals surface area contributed by atoms with Crippen LogP contribution in [0.25, 0.3) is 0 Å². The molecular weight excluding hydrogens is 278 g/mol. The first-order valence-corrected chi connectivity index (χ1v) is 6.98. The van der Waals surface area contributed by atoms with Crippen LogP contribution in [0.2, 0.25) is 5.02 Å². The number of nitrogens with one attached hydrogen (secondary N) is 1. The SMILES string of the molecule is COc1cc(N)c(Cl)cc1C(=O)N1C[C@@H](C)N[C@@H](C)C1. The van der Waals surface area contributed by atoms with Gasteiger partial charge in [-0.25, -0.2) is 0 Å². The second-order valence-corrected chi connectivity index (χ2v) is 5.66. The number of ether oxygens (including phenoxy) is 1. The van der Waals surface area contributed by atoms with E-state index >= 15 is 0 Å². The molecule has 1 aliphatic heterocycles. The van der Waals surface area contributed by atoms with Gasteiger partial charge in [0.1, 0.15) is 5.75 Å². The zero-order valence-corrected chi connectivity index (χ0v) is 12.7. The molecule has 0 saturated carbocycles. The summed E-state index contributed by atoms with van der Waals surface area (Å²) < 4.78 is 5.25. The summed E-state index contributed by atoms with van der Waals surface area (Å²) in [6.07, 6.45) is 0. The second-order valence-electron chi connectivity index (χ2n) is 5.25. The van der Waals surface area contributed by atoms with Crippen molar-refractivity contribution in [2.24, 2.45) is 0 Å². The van der Waals surface area contributed by atoms with E-state index in [1.807, 2.05) is 4.90 Å². The molecule has 1 fully saturated rings. The van der Waals surface area contributed by atoms with E-state index in [1.165, 1.54) is 7.11 Å². The lowest BCUT2D eigenvalue weighted by molar-refractivity contribution is 0.0670. The van der Waals surface area contributed by atoms with Crippen molar-refractivity contribution in [1.82, 2.24) is 10.2 Å². The summed E-state index contributed by atoms with van der Waals surface area (Å²) in [5.74, 6) is 0.375. The average Bonchev–Trinajstić information content (AvgIpc) is 2.39. The van der Waals surface area contributed by atoms with Crippen LogP contribution in [0.3, 0.4) is 0 Å². The maximum atomic E-state index is 12.7. The topological polar surface area (TPSA) is 67.6 Å². The van der Waals surface area contributed by atoms with E-state index < -0.39 is 0 Å². The molecule has 1 aromatic rings. The molecule has 0 aliphatic carbocycles. The molecule has 1 aliphatic rings. The number of nitrogens with zero attached hydrogens (tertiary/aromatic N) is 1. The van der Waals surface area contributed by atoms with Crippen LogP contribution >= 0.6 is 11.6 Å². The lowest BCUT2D eigenvalue weighted by Gasteiger charge is -2.36. The minimum atomic E-state index is -0.0797. The number of methoxy groups -OCH3 is 1. The number of nitrogen functional groups attached to an aromatic ring is 1. The summed E-state index contributed by atoms with van der Waals surface area (Å²) in [6.45, 7) is 5.44. The van der Waals surface area contributed by atoms with Crippen molar-refractivity contribution < 1.29 is 9.53 Å². The zero-order valence-electron chi connectivity index (χ0n) is 11.9. The third-order valence-electron chi connectivity index (χ3n) is 3.39. The van der Waals surface area contributed by atoms with Crippen LogP contribution in [0.15, 0.2) is 12.1 Å². The summed E-state index contributed by atoms with van der Waals surface area (Å²) in [4.78, 5) is 14.5. The van der Waals surface area contributed by atoms with Crippen molar-refractivity contribution >= 4 is 23.2 Å². The summed E-state index contributed by atoms with van der Waals surface area (Å²) in [6, 6.07) is 3.69. The number of hydrogen-bond acceptors (Lipinski definition) is 4. The van der Waals surface area contributed by atoms with Gasteiger partial charge in [-0.1, -0.05) is 11.6 Å². The highest BCUT2D eigenvalue weighted by Gasteiger charge is 2.27. The van der Waals surface area contributed by atoms with E-state index in [0.29, 0.717) is 35.1 Å². The number of rotatable bonds is 2. The van der Waals surface area contributed by atoms with Gasteiger partial charge in [0.15, 0.2) is 0 Å². The summed E-state index contributed by atoms with van der Waals surface area (Å²) in [7, 11) is 1.52. The first kappa shape index (κ1) is 14.9. The minimum Gasteiger partial charge on any atom is -0.496 e. The molecule has 1 saturated heterocycles. The number of benzene rings is 1. The normalized spacial score (nSPS) is 22.7. The summed E-state index contributed by atoms with van der Waals surface area (Å²) in [5.41, 5.74) is 6.60. The Hall–Kier alpha value is -1.46. The molecular formula is C14H20ClN3O2. The lowest BCUT2D eigenvalue weighted by Crippen LogP contribution is -2.55. The van der Waals surface area contributed by atoms with Gasteiger partial charge in [0, 0.05) is 31.2 Å². The number of carbonyl (C=O) groups excluding carboxylic acids is 1. The number of hydrogen-bond donors (Lipinski definition) is 2. The molecule has 3 N–H and O–H groups in total. The smallest absolute Gasteiger partial charge is 0.257 e. The van der Waals surface area contributed by atoms with Crippen LogP contribution < -0.4 is 15.8 Å². The maximum absolute atomic E-state index is 12.7. The molecule has 6 heteroatoms. The summed E-state index contributed by atoms with van der Waals surface area (Å²) in [5, 5.41) is 3.76. The number of nitrogens with two attached hydrogens (primary N) is 1. The minimum absolute atomic E-state index is 0.0797. The number of anilines is 1. The molecule has 0 unspecified atom stereocenters. The third kappa shape index (κ3) is 2.99. The molecule has 20 heavy (non-hydrogen) atoms. The van der Waals surface area contributed by atoms with Gasteiger partial charge < -0.3 is 20.7 Å². The Morgan fingerprint density at radius 3 is 2.55 bits per heavy atom. The molecule has 2 atom stereocenters. The van der Waals surface area contributed by atoms with E-state index in [0.717, 1.165) is 0 Å². The molecule has 1 aromatic carbocycles. The van der Waals surface area contributed by atoms with E-state index in [2.05, 4.69) is 19.2 Å². The Morgan fingerprint density at radius 2 is 2.00 bits per heavy atom. The van der Waals surface area contributed by atoms with E-state index in [9.17, 15) is 4.79 Å². The molecule has 5 nitrogen and oxygen atoms in total. The molecule has 110 valence electrons. The average molecular weight is 298 g/mol. The fourth-order valence-corrected chi connectivity index (χ4v) is 2.73. The first-order valence-electron chi connectivity index (χ1n) is 6.60. The Labute approximate surface area is 124 Å². The fraction of sp³-hybridized carbons (Fsp3) is 0.500. The third-order valence-corrected chi connectivity index (χ3v) is 3.72. The van der Waals surface area contributed by atoms with Crippen molar-refractivity contribution in [3.05, 3.63) is 22.7 Å². The van der Waals surface area contributed by atoms with Gasteiger partial charge in [0.2, 0.25) is 0 Å². The van der Waals surface area contributed by atoms with Gasteiger partial charge in [0.25, 0.3) is 5.91 Å². The molecule has 1 heterocycles. The van der Waals surface area contributed by atoms with Crippen molar-refractivity contribution in [3.8, 4) is 5.75 Å². The van der Waals surface area contributed by atoms with Crippen LogP contribution in [-0.2, 0) is 0 Å². The van der Waals surface area contributed by atoms with E-state index in [4.69, 9.17) is 22.1 Å². The van der Waals surface area contributed by atoms with E-state index in [-0.39, 0.29) is 18.0 Å². The van der Waals surface area contributed by atoms with Gasteiger partial charge in [-0.2, -0.15) is 0 Å². The Kier molecular flexibility index (Phi) is 4.40. The standard InChI is InChI=1S/C14H20ClN3O2/c1-8-6-18(7-9(2)17-8)14(19)10-4-11(15)12(16)5-13(10)20-3/h4-5,8-9,17H,6-7,16H2,1-3H3/t8-,9+. The Balaban J connectivity index is 2.31. The van der Waals surface area contributed by atoms with Crippen molar-refractivity contribution in [2.45, 2.75) is 25.9 Å².